The molecule has 2 aromatic carbocycles. The molecule has 2 aromatic rings. The maximum atomic E-state index is 9.46. The first-order chi connectivity index (χ1) is 11.7. The van der Waals surface area contributed by atoms with E-state index in [1.165, 1.54) is 36.8 Å². The van der Waals surface area contributed by atoms with E-state index in [0.29, 0.717) is 5.75 Å². The van der Waals surface area contributed by atoms with Crippen LogP contribution in [-0.4, -0.2) is 12.2 Å². The number of benzene rings is 2. The fourth-order valence-electron chi connectivity index (χ4n) is 2.87. The zero-order valence-electron chi connectivity index (χ0n) is 14.8. The molecular formula is C22H28O2. The topological polar surface area (TPSA) is 29.5 Å². The maximum absolute atomic E-state index is 9.46. The van der Waals surface area contributed by atoms with Crippen LogP contribution < -0.4 is 4.74 Å². The number of rotatable bonds is 9. The van der Waals surface area contributed by atoms with Crippen molar-refractivity contribution < 1.29 is 9.84 Å². The molecule has 0 bridgehead atoms. The molecule has 0 amide bonds. The lowest BCUT2D eigenvalue weighted by molar-refractivity contribution is 0.414. The third-order valence-electron chi connectivity index (χ3n) is 4.22. The summed E-state index contributed by atoms with van der Waals surface area (Å²) in [6.45, 7) is 2.24. The number of allylic oxidation sites excluding steroid dienone is 1. The Bertz CT molecular complexity index is 641. The number of hydrogen-bond donors (Lipinski definition) is 1. The van der Waals surface area contributed by atoms with Crippen molar-refractivity contribution in [1.82, 2.24) is 0 Å². The van der Waals surface area contributed by atoms with Gasteiger partial charge in [0.25, 0.3) is 0 Å². The summed E-state index contributed by atoms with van der Waals surface area (Å²) in [5.74, 6) is 1.23. The number of unbranched alkanes of at least 4 members (excludes halogenated alkanes) is 3. The number of methoxy groups -OCH3 is 1. The standard InChI is InChI=1S/C22H28O2/c1-3-4-5-6-9-19(16-18-12-14-21(23)15-13-18)17-20-10-7-8-11-22(20)24-2/h7-8,10-15,17,23H,3-6,9,16H2,1-2H3/b19-17+. The van der Waals surface area contributed by atoms with Crippen molar-refractivity contribution in [2.24, 2.45) is 0 Å². The van der Waals surface area contributed by atoms with Gasteiger partial charge in [0.05, 0.1) is 7.11 Å². The highest BCUT2D eigenvalue weighted by atomic mass is 16.5. The van der Waals surface area contributed by atoms with Crippen LogP contribution in [0.25, 0.3) is 6.08 Å². The lowest BCUT2D eigenvalue weighted by Gasteiger charge is -2.11. The molecule has 0 heterocycles. The second-order valence-corrected chi connectivity index (χ2v) is 6.20. The Kier molecular flexibility index (Phi) is 7.41. The number of aromatic hydroxyl groups is 1. The Labute approximate surface area is 145 Å². The maximum Gasteiger partial charge on any atom is 0.126 e. The van der Waals surface area contributed by atoms with E-state index in [2.05, 4.69) is 19.1 Å². The average molecular weight is 324 g/mol. The molecule has 0 unspecified atom stereocenters. The summed E-state index contributed by atoms with van der Waals surface area (Å²) in [6.07, 6.45) is 9.30. The van der Waals surface area contributed by atoms with Crippen LogP contribution in [-0.2, 0) is 6.42 Å². The van der Waals surface area contributed by atoms with Crippen LogP contribution in [0.2, 0.25) is 0 Å². The van der Waals surface area contributed by atoms with Crippen molar-refractivity contribution in [3.05, 3.63) is 65.2 Å². The Morgan fingerprint density at radius 1 is 1.00 bits per heavy atom. The van der Waals surface area contributed by atoms with Crippen molar-refractivity contribution in [2.45, 2.75) is 45.4 Å². The van der Waals surface area contributed by atoms with Crippen molar-refractivity contribution in [3.8, 4) is 11.5 Å². The minimum Gasteiger partial charge on any atom is -0.508 e. The van der Waals surface area contributed by atoms with Crippen LogP contribution in [0, 0.1) is 0 Å². The molecule has 2 nitrogen and oxygen atoms in total. The van der Waals surface area contributed by atoms with Gasteiger partial charge in [0.2, 0.25) is 0 Å². The molecule has 0 fully saturated rings. The zero-order valence-corrected chi connectivity index (χ0v) is 14.8. The van der Waals surface area contributed by atoms with Crippen molar-refractivity contribution in [1.29, 1.82) is 0 Å². The second-order valence-electron chi connectivity index (χ2n) is 6.20. The Balaban J connectivity index is 2.17. The Hall–Kier alpha value is -2.22. The molecule has 0 aliphatic heterocycles. The quantitative estimate of drug-likeness (QED) is 0.573. The van der Waals surface area contributed by atoms with Crippen LogP contribution in [0.5, 0.6) is 11.5 Å². The van der Waals surface area contributed by atoms with Gasteiger partial charge in [0.1, 0.15) is 11.5 Å². The molecule has 128 valence electrons. The summed E-state index contributed by atoms with van der Waals surface area (Å²) in [5, 5.41) is 9.46. The fourth-order valence-corrected chi connectivity index (χ4v) is 2.87. The highest BCUT2D eigenvalue weighted by Gasteiger charge is 2.05. The van der Waals surface area contributed by atoms with Crippen molar-refractivity contribution in [3.63, 3.8) is 0 Å². The molecule has 0 aromatic heterocycles. The largest absolute Gasteiger partial charge is 0.508 e. The molecule has 0 aliphatic rings. The highest BCUT2D eigenvalue weighted by Crippen LogP contribution is 2.25. The van der Waals surface area contributed by atoms with E-state index in [9.17, 15) is 5.11 Å². The van der Waals surface area contributed by atoms with Crippen molar-refractivity contribution in [2.75, 3.05) is 7.11 Å². The first-order valence-electron chi connectivity index (χ1n) is 8.83. The molecule has 2 rings (SSSR count). The number of para-hydroxylation sites is 1. The summed E-state index contributed by atoms with van der Waals surface area (Å²) in [5.41, 5.74) is 3.76. The fraction of sp³-hybridized carbons (Fsp3) is 0.364. The van der Waals surface area contributed by atoms with Gasteiger partial charge in [-0.15, -0.1) is 0 Å². The van der Waals surface area contributed by atoms with Crippen LogP contribution in [0.4, 0.5) is 0 Å². The van der Waals surface area contributed by atoms with Gasteiger partial charge in [-0.05, 0) is 43.0 Å². The van der Waals surface area contributed by atoms with E-state index in [4.69, 9.17) is 4.74 Å². The zero-order chi connectivity index (χ0) is 17.2. The van der Waals surface area contributed by atoms with Gasteiger partial charge in [-0.3, -0.25) is 0 Å². The van der Waals surface area contributed by atoms with Crippen LogP contribution >= 0.6 is 0 Å². The number of ether oxygens (including phenoxy) is 1. The van der Waals surface area contributed by atoms with E-state index in [1.54, 1.807) is 19.2 Å². The number of phenolic OH excluding ortho intramolecular Hbond substituents is 1. The molecule has 1 N–H and O–H groups in total. The average Bonchev–Trinajstić information content (AvgIpc) is 2.61. The van der Waals surface area contributed by atoms with Gasteiger partial charge in [0.15, 0.2) is 0 Å². The summed E-state index contributed by atoms with van der Waals surface area (Å²) in [6, 6.07) is 15.7. The lowest BCUT2D eigenvalue weighted by Crippen LogP contribution is -1.94. The molecule has 0 aliphatic carbocycles. The molecule has 0 radical (unpaired) electrons. The van der Waals surface area contributed by atoms with E-state index in [1.807, 2.05) is 30.3 Å². The minimum atomic E-state index is 0.317. The lowest BCUT2D eigenvalue weighted by atomic mass is 9.97. The predicted molar refractivity (Wildman–Crippen MR) is 102 cm³/mol. The molecule has 0 saturated carbocycles. The normalized spacial score (nSPS) is 11.5. The van der Waals surface area contributed by atoms with Gasteiger partial charge < -0.3 is 9.84 Å². The smallest absolute Gasteiger partial charge is 0.126 e. The summed E-state index contributed by atoms with van der Waals surface area (Å²) >= 11 is 0. The predicted octanol–water partition coefficient (Wildman–Crippen LogP) is 6.00. The van der Waals surface area contributed by atoms with Gasteiger partial charge >= 0.3 is 0 Å². The molecule has 0 atom stereocenters. The second kappa shape index (κ2) is 9.82. The third-order valence-corrected chi connectivity index (χ3v) is 4.22. The van der Waals surface area contributed by atoms with Crippen LogP contribution in [0.1, 0.15) is 50.2 Å². The summed E-state index contributed by atoms with van der Waals surface area (Å²) in [7, 11) is 1.72. The molecule has 0 spiro atoms. The molecule has 24 heavy (non-hydrogen) atoms. The van der Waals surface area contributed by atoms with E-state index in [-0.39, 0.29) is 0 Å². The summed E-state index contributed by atoms with van der Waals surface area (Å²) in [4.78, 5) is 0. The minimum absolute atomic E-state index is 0.317. The Morgan fingerprint density at radius 3 is 2.46 bits per heavy atom. The van der Waals surface area contributed by atoms with Gasteiger partial charge in [-0.1, -0.05) is 68.2 Å². The first-order valence-corrected chi connectivity index (χ1v) is 8.83. The van der Waals surface area contributed by atoms with Gasteiger partial charge in [-0.25, -0.2) is 0 Å². The first kappa shape index (κ1) is 18.1. The van der Waals surface area contributed by atoms with Crippen molar-refractivity contribution >= 4 is 6.08 Å². The number of phenols is 1. The summed E-state index contributed by atoms with van der Waals surface area (Å²) < 4.78 is 5.48. The molecular weight excluding hydrogens is 296 g/mol. The van der Waals surface area contributed by atoms with Crippen LogP contribution in [0.15, 0.2) is 54.1 Å². The monoisotopic (exact) mass is 324 g/mol. The van der Waals surface area contributed by atoms with Crippen LogP contribution in [0.3, 0.4) is 0 Å². The van der Waals surface area contributed by atoms with Gasteiger partial charge in [-0.2, -0.15) is 0 Å². The van der Waals surface area contributed by atoms with E-state index in [0.717, 1.165) is 24.2 Å². The van der Waals surface area contributed by atoms with E-state index < -0.39 is 0 Å². The van der Waals surface area contributed by atoms with E-state index >= 15 is 0 Å². The Morgan fingerprint density at radius 2 is 1.75 bits per heavy atom. The molecule has 0 saturated heterocycles. The molecule has 2 heteroatoms. The SMILES string of the molecule is CCCCCC/C(=C\c1ccccc1OC)Cc1ccc(O)cc1. The third kappa shape index (κ3) is 5.77. The number of hydrogen-bond acceptors (Lipinski definition) is 2. The highest BCUT2D eigenvalue weighted by molar-refractivity contribution is 5.60. The van der Waals surface area contributed by atoms with Gasteiger partial charge in [0, 0.05) is 5.56 Å².